The summed E-state index contributed by atoms with van der Waals surface area (Å²) in [7, 11) is 0. The first-order valence-electron chi connectivity index (χ1n) is 10.8. The van der Waals surface area contributed by atoms with Gasteiger partial charge in [-0.05, 0) is 42.4 Å². The molecule has 2 amide bonds. The van der Waals surface area contributed by atoms with E-state index in [0.29, 0.717) is 31.8 Å². The maximum atomic E-state index is 13.3. The minimum atomic E-state index is -0.598. The molecule has 0 bridgehead atoms. The number of hydrogen-bond donors (Lipinski definition) is 1. The smallest absolute Gasteiger partial charge is 0.263 e. The van der Waals surface area contributed by atoms with Gasteiger partial charge in [0, 0.05) is 19.5 Å². The Kier molecular flexibility index (Phi) is 9.39. The molecular weight excluding hydrogens is 376 g/mol. The van der Waals surface area contributed by atoms with Crippen molar-refractivity contribution in [3.05, 3.63) is 65.7 Å². The standard InChI is InChI=1S/C25H34N2O3/c1-4-19(3)21-13-9-10-14-23(21)30-22(5-2)25(29)27(18-16-24(26)28)17-15-20-11-7-6-8-12-20/h6-14,19,22H,4-5,15-18H2,1-3H3,(H2,26,28). The van der Waals surface area contributed by atoms with E-state index < -0.39 is 12.0 Å². The van der Waals surface area contributed by atoms with E-state index in [1.165, 1.54) is 0 Å². The Balaban J connectivity index is 2.15. The molecule has 162 valence electrons. The van der Waals surface area contributed by atoms with Gasteiger partial charge in [-0.3, -0.25) is 9.59 Å². The number of nitrogens with zero attached hydrogens (tertiary/aromatic N) is 1. The summed E-state index contributed by atoms with van der Waals surface area (Å²) in [5, 5.41) is 0. The Labute approximate surface area is 180 Å². The molecule has 0 aliphatic heterocycles. The summed E-state index contributed by atoms with van der Waals surface area (Å²) in [4.78, 5) is 26.4. The number of hydrogen-bond acceptors (Lipinski definition) is 3. The Bertz CT molecular complexity index is 807. The van der Waals surface area contributed by atoms with Crippen LogP contribution in [0.1, 0.15) is 57.1 Å². The molecule has 0 aliphatic rings. The second kappa shape index (κ2) is 12.0. The van der Waals surface area contributed by atoms with E-state index in [1.807, 2.05) is 55.5 Å². The van der Waals surface area contributed by atoms with Gasteiger partial charge < -0.3 is 15.4 Å². The molecule has 2 atom stereocenters. The van der Waals surface area contributed by atoms with Crippen LogP contribution in [0.25, 0.3) is 0 Å². The number of nitrogens with two attached hydrogens (primary N) is 1. The molecule has 0 aliphatic carbocycles. The summed E-state index contributed by atoms with van der Waals surface area (Å²) >= 11 is 0. The maximum absolute atomic E-state index is 13.3. The van der Waals surface area contributed by atoms with Crippen LogP contribution in [0, 0.1) is 0 Å². The van der Waals surface area contributed by atoms with Crippen LogP contribution in [-0.2, 0) is 16.0 Å². The number of rotatable bonds is 12. The van der Waals surface area contributed by atoms with Gasteiger partial charge in [0.25, 0.3) is 5.91 Å². The zero-order chi connectivity index (χ0) is 21.9. The van der Waals surface area contributed by atoms with Gasteiger partial charge >= 0.3 is 0 Å². The third kappa shape index (κ3) is 6.90. The Morgan fingerprint density at radius 2 is 1.63 bits per heavy atom. The van der Waals surface area contributed by atoms with E-state index >= 15 is 0 Å². The fourth-order valence-electron chi connectivity index (χ4n) is 3.37. The second-order valence-corrected chi connectivity index (χ2v) is 7.64. The summed E-state index contributed by atoms with van der Waals surface area (Å²) in [6.45, 7) is 7.05. The van der Waals surface area contributed by atoms with E-state index in [2.05, 4.69) is 19.9 Å². The third-order valence-corrected chi connectivity index (χ3v) is 5.43. The summed E-state index contributed by atoms with van der Waals surface area (Å²) in [6.07, 6.45) is 1.80. The number of para-hydroxylation sites is 1. The number of primary amides is 1. The monoisotopic (exact) mass is 410 g/mol. The number of carbonyl (C=O) groups excluding carboxylic acids is 2. The first-order chi connectivity index (χ1) is 14.5. The second-order valence-electron chi connectivity index (χ2n) is 7.64. The van der Waals surface area contributed by atoms with Crippen molar-refractivity contribution in [1.82, 2.24) is 4.90 Å². The molecule has 30 heavy (non-hydrogen) atoms. The summed E-state index contributed by atoms with van der Waals surface area (Å²) in [5.74, 6) is 0.583. The van der Waals surface area contributed by atoms with Crippen LogP contribution >= 0.6 is 0 Å². The molecule has 2 unspecified atom stereocenters. The summed E-state index contributed by atoms with van der Waals surface area (Å²) in [6, 6.07) is 17.9. The average Bonchev–Trinajstić information content (AvgIpc) is 2.77. The lowest BCUT2D eigenvalue weighted by molar-refractivity contribution is -0.139. The Hall–Kier alpha value is -2.82. The van der Waals surface area contributed by atoms with Crippen molar-refractivity contribution >= 4 is 11.8 Å². The highest BCUT2D eigenvalue weighted by molar-refractivity contribution is 5.82. The molecule has 2 N–H and O–H groups in total. The van der Waals surface area contributed by atoms with Gasteiger partial charge in [0.05, 0.1) is 0 Å². The summed E-state index contributed by atoms with van der Waals surface area (Å²) < 4.78 is 6.21. The van der Waals surface area contributed by atoms with E-state index in [1.54, 1.807) is 4.90 Å². The highest BCUT2D eigenvalue weighted by Crippen LogP contribution is 2.29. The van der Waals surface area contributed by atoms with Crippen LogP contribution in [0.2, 0.25) is 0 Å². The topological polar surface area (TPSA) is 72.6 Å². The van der Waals surface area contributed by atoms with Gasteiger partial charge in [-0.1, -0.05) is 69.3 Å². The molecule has 2 aromatic rings. The quantitative estimate of drug-likeness (QED) is 0.567. The van der Waals surface area contributed by atoms with Crippen molar-refractivity contribution in [2.75, 3.05) is 13.1 Å². The van der Waals surface area contributed by atoms with Crippen LogP contribution in [-0.4, -0.2) is 35.9 Å². The average molecular weight is 411 g/mol. The molecule has 0 fully saturated rings. The Morgan fingerprint density at radius 1 is 0.967 bits per heavy atom. The predicted molar refractivity (Wildman–Crippen MR) is 120 cm³/mol. The zero-order valence-electron chi connectivity index (χ0n) is 18.3. The first-order valence-corrected chi connectivity index (χ1v) is 10.8. The summed E-state index contributed by atoms with van der Waals surface area (Å²) in [5.41, 5.74) is 7.59. The van der Waals surface area contributed by atoms with Gasteiger partial charge in [-0.2, -0.15) is 0 Å². The minimum absolute atomic E-state index is 0.103. The number of benzene rings is 2. The van der Waals surface area contributed by atoms with E-state index in [0.717, 1.165) is 23.3 Å². The molecule has 0 spiro atoms. The van der Waals surface area contributed by atoms with Crippen LogP contribution in [0.15, 0.2) is 54.6 Å². The van der Waals surface area contributed by atoms with E-state index in [4.69, 9.17) is 10.5 Å². The van der Waals surface area contributed by atoms with E-state index in [9.17, 15) is 9.59 Å². The molecule has 5 heteroatoms. The van der Waals surface area contributed by atoms with E-state index in [-0.39, 0.29) is 12.3 Å². The predicted octanol–water partition coefficient (Wildman–Crippen LogP) is 4.30. The van der Waals surface area contributed by atoms with Crippen LogP contribution in [0.5, 0.6) is 5.75 Å². The molecule has 0 heterocycles. The van der Waals surface area contributed by atoms with Gasteiger partial charge in [0.2, 0.25) is 5.91 Å². The largest absolute Gasteiger partial charge is 0.480 e. The van der Waals surface area contributed by atoms with Crippen molar-refractivity contribution in [3.63, 3.8) is 0 Å². The molecular formula is C25H34N2O3. The highest BCUT2D eigenvalue weighted by Gasteiger charge is 2.26. The van der Waals surface area contributed by atoms with Crippen LogP contribution in [0.3, 0.4) is 0 Å². The lowest BCUT2D eigenvalue weighted by Crippen LogP contribution is -2.44. The molecule has 2 aromatic carbocycles. The van der Waals surface area contributed by atoms with Gasteiger partial charge in [-0.25, -0.2) is 0 Å². The lowest BCUT2D eigenvalue weighted by atomic mass is 9.98. The number of ether oxygens (including phenoxy) is 1. The molecule has 0 saturated heterocycles. The molecule has 0 radical (unpaired) electrons. The maximum Gasteiger partial charge on any atom is 0.263 e. The fourth-order valence-corrected chi connectivity index (χ4v) is 3.37. The zero-order valence-corrected chi connectivity index (χ0v) is 18.3. The van der Waals surface area contributed by atoms with Crippen LogP contribution < -0.4 is 10.5 Å². The number of amides is 2. The van der Waals surface area contributed by atoms with Gasteiger partial charge in [0.15, 0.2) is 6.10 Å². The SMILES string of the molecule is CCC(Oc1ccccc1C(C)CC)C(=O)N(CCC(N)=O)CCc1ccccc1. The number of carbonyl (C=O) groups is 2. The fraction of sp³-hybridized carbons (Fsp3) is 0.440. The molecule has 0 saturated carbocycles. The minimum Gasteiger partial charge on any atom is -0.480 e. The lowest BCUT2D eigenvalue weighted by Gasteiger charge is -2.28. The Morgan fingerprint density at radius 3 is 2.27 bits per heavy atom. The van der Waals surface area contributed by atoms with Crippen molar-refractivity contribution in [2.24, 2.45) is 5.73 Å². The van der Waals surface area contributed by atoms with Gasteiger partial charge in [-0.15, -0.1) is 0 Å². The van der Waals surface area contributed by atoms with Crippen LogP contribution in [0.4, 0.5) is 0 Å². The van der Waals surface area contributed by atoms with Crippen molar-refractivity contribution in [3.8, 4) is 5.75 Å². The third-order valence-electron chi connectivity index (χ3n) is 5.43. The molecule has 0 aromatic heterocycles. The first kappa shape index (κ1) is 23.5. The molecule has 5 nitrogen and oxygen atoms in total. The normalized spacial score (nSPS) is 12.8. The van der Waals surface area contributed by atoms with Crippen molar-refractivity contribution in [1.29, 1.82) is 0 Å². The highest BCUT2D eigenvalue weighted by atomic mass is 16.5. The van der Waals surface area contributed by atoms with Crippen molar-refractivity contribution in [2.45, 2.75) is 58.5 Å². The molecule has 2 rings (SSSR count). The van der Waals surface area contributed by atoms with Crippen molar-refractivity contribution < 1.29 is 14.3 Å². The van der Waals surface area contributed by atoms with Gasteiger partial charge in [0.1, 0.15) is 5.75 Å².